The summed E-state index contributed by atoms with van der Waals surface area (Å²) in [5.74, 6) is 5.37. The van der Waals surface area contributed by atoms with Gasteiger partial charge in [0.25, 0.3) is 0 Å². The third-order valence-electron chi connectivity index (χ3n) is 1.52. The highest BCUT2D eigenvalue weighted by Crippen LogP contribution is 2.22. The van der Waals surface area contributed by atoms with Gasteiger partial charge in [-0.15, -0.1) is 0 Å². The molecule has 0 aliphatic carbocycles. The molecule has 14 heavy (non-hydrogen) atoms. The Morgan fingerprint density at radius 3 is 3.00 bits per heavy atom. The van der Waals surface area contributed by atoms with E-state index in [0.717, 1.165) is 0 Å². The van der Waals surface area contributed by atoms with E-state index in [1.54, 1.807) is 18.3 Å². The molecule has 0 radical (unpaired) electrons. The van der Waals surface area contributed by atoms with E-state index < -0.39 is 0 Å². The van der Waals surface area contributed by atoms with Crippen LogP contribution in [0.15, 0.2) is 22.9 Å². The van der Waals surface area contributed by atoms with Gasteiger partial charge in [-0.25, -0.2) is 5.84 Å². The van der Waals surface area contributed by atoms with Crippen LogP contribution >= 0.6 is 11.6 Å². The van der Waals surface area contributed by atoms with Crippen LogP contribution in [0.1, 0.15) is 0 Å². The highest BCUT2D eigenvalue weighted by atomic mass is 35.5. The predicted molar refractivity (Wildman–Crippen MR) is 50.3 cm³/mol. The molecule has 2 aromatic heterocycles. The first kappa shape index (κ1) is 8.92. The highest BCUT2D eigenvalue weighted by molar-refractivity contribution is 6.32. The summed E-state index contributed by atoms with van der Waals surface area (Å²) in [4.78, 5) is 7.91. The van der Waals surface area contributed by atoms with Gasteiger partial charge >= 0.3 is 6.01 Å². The van der Waals surface area contributed by atoms with Crippen LogP contribution < -0.4 is 11.3 Å². The zero-order chi connectivity index (χ0) is 9.97. The Bertz CT molecular complexity index is 443. The Hall–Kier alpha value is -1.66. The molecule has 0 saturated carbocycles. The van der Waals surface area contributed by atoms with Gasteiger partial charge in [0.15, 0.2) is 0 Å². The lowest BCUT2D eigenvalue weighted by Gasteiger charge is -1.94. The lowest BCUT2D eigenvalue weighted by molar-refractivity contribution is 0.432. The minimum absolute atomic E-state index is 0.113. The van der Waals surface area contributed by atoms with Gasteiger partial charge < -0.3 is 4.52 Å². The number of pyridine rings is 1. The van der Waals surface area contributed by atoms with E-state index in [1.807, 2.05) is 0 Å². The molecule has 0 bridgehead atoms. The van der Waals surface area contributed by atoms with Crippen molar-refractivity contribution in [3.63, 3.8) is 0 Å². The van der Waals surface area contributed by atoms with Crippen LogP contribution in [-0.4, -0.2) is 15.1 Å². The molecule has 0 amide bonds. The van der Waals surface area contributed by atoms with Crippen LogP contribution in [0.2, 0.25) is 5.02 Å². The number of hydrazine groups is 1. The molecular weight excluding hydrogens is 206 g/mol. The second kappa shape index (κ2) is 3.60. The van der Waals surface area contributed by atoms with Crippen molar-refractivity contribution in [3.05, 3.63) is 23.4 Å². The van der Waals surface area contributed by atoms with Crippen LogP contribution in [0.3, 0.4) is 0 Å². The Balaban J connectivity index is 2.44. The van der Waals surface area contributed by atoms with Gasteiger partial charge in [-0.1, -0.05) is 16.8 Å². The number of hydrogen-bond donors (Lipinski definition) is 2. The molecule has 0 aliphatic rings. The minimum atomic E-state index is 0.113. The van der Waals surface area contributed by atoms with Crippen LogP contribution in [0, 0.1) is 0 Å². The Kier molecular flexibility index (Phi) is 2.30. The molecule has 0 aromatic carbocycles. The molecular formula is C7H6ClN5O. The first-order chi connectivity index (χ1) is 6.81. The fourth-order valence-corrected chi connectivity index (χ4v) is 1.13. The maximum Gasteiger partial charge on any atom is 0.335 e. The number of anilines is 1. The van der Waals surface area contributed by atoms with Gasteiger partial charge in [-0.05, 0) is 12.1 Å². The number of rotatable bonds is 2. The zero-order valence-electron chi connectivity index (χ0n) is 6.94. The first-order valence-corrected chi connectivity index (χ1v) is 4.10. The van der Waals surface area contributed by atoms with E-state index in [9.17, 15) is 0 Å². The van der Waals surface area contributed by atoms with Crippen LogP contribution in [0.25, 0.3) is 11.5 Å². The SMILES string of the molecule is NNc1nc(-c2ncccc2Cl)no1. The summed E-state index contributed by atoms with van der Waals surface area (Å²) in [6, 6.07) is 3.52. The second-order valence-corrected chi connectivity index (χ2v) is 2.81. The van der Waals surface area contributed by atoms with Crippen molar-refractivity contribution in [3.8, 4) is 11.5 Å². The number of hydrogen-bond acceptors (Lipinski definition) is 6. The maximum absolute atomic E-state index is 5.88. The summed E-state index contributed by atoms with van der Waals surface area (Å²) < 4.78 is 4.73. The van der Waals surface area contributed by atoms with Gasteiger partial charge in [0.2, 0.25) is 5.82 Å². The Labute approximate surface area is 84.1 Å². The van der Waals surface area contributed by atoms with E-state index in [0.29, 0.717) is 16.5 Å². The first-order valence-electron chi connectivity index (χ1n) is 3.72. The van der Waals surface area contributed by atoms with Crippen molar-refractivity contribution < 1.29 is 4.52 Å². The number of aromatic nitrogens is 3. The van der Waals surface area contributed by atoms with Crippen molar-refractivity contribution in [2.75, 3.05) is 5.43 Å². The molecule has 7 heteroatoms. The van der Waals surface area contributed by atoms with Crippen LogP contribution in [-0.2, 0) is 0 Å². The fourth-order valence-electron chi connectivity index (χ4n) is 0.929. The molecule has 3 N–H and O–H groups in total. The molecule has 6 nitrogen and oxygen atoms in total. The molecule has 0 atom stereocenters. The van der Waals surface area contributed by atoms with Crippen LogP contribution in [0.5, 0.6) is 0 Å². The van der Waals surface area contributed by atoms with Crippen molar-refractivity contribution in [1.82, 2.24) is 15.1 Å². The molecule has 0 spiro atoms. The average molecular weight is 212 g/mol. The molecule has 2 heterocycles. The minimum Gasteiger partial charge on any atom is -0.314 e. The molecule has 0 fully saturated rings. The molecule has 0 aliphatic heterocycles. The molecule has 0 saturated heterocycles. The Morgan fingerprint density at radius 2 is 2.36 bits per heavy atom. The fraction of sp³-hybridized carbons (Fsp3) is 0. The number of nitrogens with one attached hydrogen (secondary N) is 1. The predicted octanol–water partition coefficient (Wildman–Crippen LogP) is 1.07. The highest BCUT2D eigenvalue weighted by Gasteiger charge is 2.11. The zero-order valence-corrected chi connectivity index (χ0v) is 7.69. The second-order valence-electron chi connectivity index (χ2n) is 2.40. The third kappa shape index (κ3) is 1.52. The van der Waals surface area contributed by atoms with Gasteiger partial charge in [-0.3, -0.25) is 10.4 Å². The molecule has 0 unspecified atom stereocenters. The number of nitrogen functional groups attached to an aromatic ring is 1. The van der Waals surface area contributed by atoms with Gasteiger partial charge in [0.1, 0.15) is 5.69 Å². The van der Waals surface area contributed by atoms with E-state index in [4.69, 9.17) is 22.0 Å². The summed E-state index contributed by atoms with van der Waals surface area (Å²) in [5.41, 5.74) is 2.68. The molecule has 2 rings (SSSR count). The van der Waals surface area contributed by atoms with E-state index >= 15 is 0 Å². The van der Waals surface area contributed by atoms with E-state index in [1.165, 1.54) is 0 Å². The monoisotopic (exact) mass is 211 g/mol. The summed E-state index contributed by atoms with van der Waals surface area (Å²) >= 11 is 5.88. The third-order valence-corrected chi connectivity index (χ3v) is 1.82. The smallest absolute Gasteiger partial charge is 0.314 e. The Morgan fingerprint density at radius 1 is 1.50 bits per heavy atom. The largest absolute Gasteiger partial charge is 0.335 e. The number of nitrogens with zero attached hydrogens (tertiary/aromatic N) is 3. The van der Waals surface area contributed by atoms with Crippen molar-refractivity contribution in [1.29, 1.82) is 0 Å². The van der Waals surface area contributed by atoms with Gasteiger partial charge in [0, 0.05) is 6.20 Å². The summed E-state index contributed by atoms with van der Waals surface area (Å²) in [7, 11) is 0. The topological polar surface area (TPSA) is 89.9 Å². The summed E-state index contributed by atoms with van der Waals surface area (Å²) in [5, 5.41) is 4.10. The van der Waals surface area contributed by atoms with Crippen molar-refractivity contribution in [2.45, 2.75) is 0 Å². The summed E-state index contributed by atoms with van der Waals surface area (Å²) in [6.07, 6.45) is 1.59. The van der Waals surface area contributed by atoms with E-state index in [-0.39, 0.29) is 6.01 Å². The van der Waals surface area contributed by atoms with Crippen molar-refractivity contribution >= 4 is 17.6 Å². The van der Waals surface area contributed by atoms with Gasteiger partial charge in [-0.2, -0.15) is 4.98 Å². The number of nitrogens with two attached hydrogens (primary N) is 1. The van der Waals surface area contributed by atoms with Crippen molar-refractivity contribution in [2.24, 2.45) is 5.84 Å². The quantitative estimate of drug-likeness (QED) is 0.571. The average Bonchev–Trinajstić information content (AvgIpc) is 2.67. The lowest BCUT2D eigenvalue weighted by atomic mass is 10.3. The normalized spacial score (nSPS) is 10.1. The van der Waals surface area contributed by atoms with Gasteiger partial charge in [0.05, 0.1) is 5.02 Å². The van der Waals surface area contributed by atoms with E-state index in [2.05, 4.69) is 20.6 Å². The number of halogens is 1. The lowest BCUT2D eigenvalue weighted by Crippen LogP contribution is -2.06. The maximum atomic E-state index is 5.88. The molecule has 2 aromatic rings. The molecule has 72 valence electrons. The van der Waals surface area contributed by atoms with Crippen LogP contribution in [0.4, 0.5) is 6.01 Å². The summed E-state index contributed by atoms with van der Waals surface area (Å²) in [6.45, 7) is 0. The standard InChI is InChI=1S/C7H6ClN5O/c8-4-2-1-3-10-5(4)6-11-7(12-9)14-13-6/h1-3H,9H2,(H,11,12,13).